The number of hydrogen-bond donors (Lipinski definition) is 1. The van der Waals surface area contributed by atoms with Gasteiger partial charge < -0.3 is 5.32 Å². The van der Waals surface area contributed by atoms with Gasteiger partial charge >= 0.3 is 6.18 Å². The third kappa shape index (κ3) is 4.08. The van der Waals surface area contributed by atoms with Crippen molar-refractivity contribution in [2.75, 3.05) is 0 Å². The van der Waals surface area contributed by atoms with E-state index in [4.69, 9.17) is 11.6 Å². The van der Waals surface area contributed by atoms with Gasteiger partial charge in [-0.15, -0.1) is 10.2 Å². The standard InChI is InChI=1S/C16H12ClF3N4O/c17-12-4-1-10(2-5-12)7-15(25)21-8-14-23-22-13-6-3-11(9-24(13)14)16(18,19)20/h1-6,9H,7-8H2,(H,21,25). The number of carbonyl (C=O) groups is 1. The number of nitrogens with one attached hydrogen (secondary N) is 1. The largest absolute Gasteiger partial charge is 0.417 e. The van der Waals surface area contributed by atoms with Crippen molar-refractivity contribution in [3.05, 3.63) is 64.6 Å². The van der Waals surface area contributed by atoms with Crippen molar-refractivity contribution in [3.8, 4) is 0 Å². The third-order valence-corrected chi connectivity index (χ3v) is 3.77. The molecule has 2 aromatic heterocycles. The van der Waals surface area contributed by atoms with Gasteiger partial charge in [0.15, 0.2) is 11.5 Å². The summed E-state index contributed by atoms with van der Waals surface area (Å²) in [4.78, 5) is 12.0. The number of nitrogens with zero attached hydrogens (tertiary/aromatic N) is 3. The van der Waals surface area contributed by atoms with E-state index in [1.807, 2.05) is 0 Å². The molecular weight excluding hydrogens is 357 g/mol. The summed E-state index contributed by atoms with van der Waals surface area (Å²) >= 11 is 5.78. The monoisotopic (exact) mass is 368 g/mol. The quantitative estimate of drug-likeness (QED) is 0.769. The summed E-state index contributed by atoms with van der Waals surface area (Å²) in [5.74, 6) is -0.0726. The molecule has 130 valence electrons. The second-order valence-electron chi connectivity index (χ2n) is 5.34. The highest BCUT2D eigenvalue weighted by atomic mass is 35.5. The number of rotatable bonds is 4. The van der Waals surface area contributed by atoms with Crippen molar-refractivity contribution >= 4 is 23.2 Å². The number of halogens is 4. The Kier molecular flexibility index (Phi) is 4.63. The minimum absolute atomic E-state index is 0.0328. The van der Waals surface area contributed by atoms with E-state index in [0.29, 0.717) is 5.02 Å². The summed E-state index contributed by atoms with van der Waals surface area (Å²) in [6, 6.07) is 8.97. The predicted octanol–water partition coefficient (Wildman–Crippen LogP) is 3.26. The molecule has 0 atom stereocenters. The Balaban J connectivity index is 1.70. The lowest BCUT2D eigenvalue weighted by Crippen LogP contribution is -2.25. The third-order valence-electron chi connectivity index (χ3n) is 3.52. The molecule has 1 N–H and O–H groups in total. The van der Waals surface area contributed by atoms with E-state index in [1.54, 1.807) is 24.3 Å². The van der Waals surface area contributed by atoms with Gasteiger partial charge in [0.25, 0.3) is 0 Å². The van der Waals surface area contributed by atoms with E-state index in [1.165, 1.54) is 10.5 Å². The summed E-state index contributed by atoms with van der Waals surface area (Å²) in [5, 5.41) is 10.8. The van der Waals surface area contributed by atoms with Gasteiger partial charge in [0.1, 0.15) is 0 Å². The molecule has 0 radical (unpaired) electrons. The van der Waals surface area contributed by atoms with E-state index in [0.717, 1.165) is 17.8 Å². The maximum atomic E-state index is 12.8. The van der Waals surface area contributed by atoms with Crippen molar-refractivity contribution < 1.29 is 18.0 Å². The molecule has 0 saturated heterocycles. The molecule has 0 aliphatic heterocycles. The molecule has 3 rings (SSSR count). The molecule has 0 fully saturated rings. The van der Waals surface area contributed by atoms with Crippen LogP contribution >= 0.6 is 11.6 Å². The van der Waals surface area contributed by atoms with Crippen LogP contribution in [0.1, 0.15) is 17.0 Å². The number of alkyl halides is 3. The molecule has 1 amide bonds. The van der Waals surface area contributed by atoms with Crippen LogP contribution in [0.3, 0.4) is 0 Å². The number of hydrogen-bond acceptors (Lipinski definition) is 3. The van der Waals surface area contributed by atoms with Crippen LogP contribution in [0.15, 0.2) is 42.6 Å². The highest BCUT2D eigenvalue weighted by molar-refractivity contribution is 6.30. The molecule has 0 aliphatic carbocycles. The molecule has 9 heteroatoms. The first kappa shape index (κ1) is 17.2. The van der Waals surface area contributed by atoms with Gasteiger partial charge in [-0.05, 0) is 29.8 Å². The summed E-state index contributed by atoms with van der Waals surface area (Å²) in [5.41, 5.74) is 0.232. The Morgan fingerprint density at radius 3 is 2.52 bits per heavy atom. The predicted molar refractivity (Wildman–Crippen MR) is 85.0 cm³/mol. The van der Waals surface area contributed by atoms with Crippen LogP contribution in [0.2, 0.25) is 5.02 Å². The fraction of sp³-hybridized carbons (Fsp3) is 0.188. The number of fused-ring (bicyclic) bond motifs is 1. The van der Waals surface area contributed by atoms with Gasteiger partial charge in [0.2, 0.25) is 5.91 Å². The highest BCUT2D eigenvalue weighted by Crippen LogP contribution is 2.29. The van der Waals surface area contributed by atoms with Crippen molar-refractivity contribution in [3.63, 3.8) is 0 Å². The first-order valence-corrected chi connectivity index (χ1v) is 7.63. The molecule has 0 aliphatic rings. The SMILES string of the molecule is O=C(Cc1ccc(Cl)cc1)NCc1nnc2ccc(C(F)(F)F)cn12. The minimum Gasteiger partial charge on any atom is -0.348 e. The molecule has 0 unspecified atom stereocenters. The highest BCUT2D eigenvalue weighted by Gasteiger charge is 2.31. The molecule has 0 bridgehead atoms. The summed E-state index contributed by atoms with van der Waals surface area (Å²) < 4.78 is 39.6. The van der Waals surface area contributed by atoms with Gasteiger partial charge in [-0.3, -0.25) is 9.20 Å². The van der Waals surface area contributed by atoms with E-state index in [9.17, 15) is 18.0 Å². The zero-order valence-corrected chi connectivity index (χ0v) is 13.5. The molecule has 3 aromatic rings. The number of carbonyl (C=O) groups excluding carboxylic acids is 1. The molecular formula is C16H12ClF3N4O. The van der Waals surface area contributed by atoms with E-state index in [2.05, 4.69) is 15.5 Å². The summed E-state index contributed by atoms with van der Waals surface area (Å²) in [7, 11) is 0. The van der Waals surface area contributed by atoms with Crippen LogP contribution < -0.4 is 5.32 Å². The zero-order chi connectivity index (χ0) is 18.0. The first-order chi connectivity index (χ1) is 11.8. The first-order valence-electron chi connectivity index (χ1n) is 7.25. The Labute approximate surface area is 145 Å². The van der Waals surface area contributed by atoms with E-state index >= 15 is 0 Å². The fourth-order valence-electron chi connectivity index (χ4n) is 2.25. The van der Waals surface area contributed by atoms with Gasteiger partial charge in [0.05, 0.1) is 18.5 Å². The normalized spacial score (nSPS) is 11.7. The van der Waals surface area contributed by atoms with Crippen molar-refractivity contribution in [2.24, 2.45) is 0 Å². The van der Waals surface area contributed by atoms with Crippen LogP contribution in [0.25, 0.3) is 5.65 Å². The van der Waals surface area contributed by atoms with Crippen LogP contribution in [-0.2, 0) is 23.9 Å². The Bertz CT molecular complexity index is 906. The molecule has 25 heavy (non-hydrogen) atoms. The van der Waals surface area contributed by atoms with Gasteiger partial charge in [-0.1, -0.05) is 23.7 Å². The average molecular weight is 369 g/mol. The lowest BCUT2D eigenvalue weighted by molar-refractivity contribution is -0.137. The molecule has 5 nitrogen and oxygen atoms in total. The Hall–Kier alpha value is -2.61. The van der Waals surface area contributed by atoms with E-state index < -0.39 is 11.7 Å². The smallest absolute Gasteiger partial charge is 0.348 e. The second-order valence-corrected chi connectivity index (χ2v) is 5.78. The number of pyridine rings is 1. The van der Waals surface area contributed by atoms with Crippen molar-refractivity contribution in [1.29, 1.82) is 0 Å². The van der Waals surface area contributed by atoms with E-state index in [-0.39, 0.29) is 30.3 Å². The van der Waals surface area contributed by atoms with Crippen LogP contribution in [0.4, 0.5) is 13.2 Å². The Morgan fingerprint density at radius 1 is 1.12 bits per heavy atom. The lowest BCUT2D eigenvalue weighted by Gasteiger charge is -2.08. The molecule has 1 aromatic carbocycles. The number of benzene rings is 1. The molecule has 0 saturated carbocycles. The maximum Gasteiger partial charge on any atom is 0.417 e. The summed E-state index contributed by atoms with van der Waals surface area (Å²) in [6.07, 6.45) is -3.43. The van der Waals surface area contributed by atoms with Gasteiger partial charge in [0, 0.05) is 11.2 Å². The minimum atomic E-state index is -4.46. The maximum absolute atomic E-state index is 12.8. The van der Waals surface area contributed by atoms with Crippen LogP contribution in [0, 0.1) is 0 Å². The van der Waals surface area contributed by atoms with Gasteiger partial charge in [-0.25, -0.2) is 0 Å². The number of amides is 1. The van der Waals surface area contributed by atoms with Gasteiger partial charge in [-0.2, -0.15) is 13.2 Å². The second kappa shape index (κ2) is 6.72. The van der Waals surface area contributed by atoms with Crippen molar-refractivity contribution in [2.45, 2.75) is 19.1 Å². The topological polar surface area (TPSA) is 59.3 Å². The Morgan fingerprint density at radius 2 is 1.84 bits per heavy atom. The zero-order valence-electron chi connectivity index (χ0n) is 12.7. The number of aromatic nitrogens is 3. The van der Waals surface area contributed by atoms with Crippen molar-refractivity contribution in [1.82, 2.24) is 19.9 Å². The lowest BCUT2D eigenvalue weighted by atomic mass is 10.1. The van der Waals surface area contributed by atoms with Crippen LogP contribution in [0.5, 0.6) is 0 Å². The van der Waals surface area contributed by atoms with Crippen LogP contribution in [-0.4, -0.2) is 20.5 Å². The average Bonchev–Trinajstić information content (AvgIpc) is 2.96. The fourth-order valence-corrected chi connectivity index (χ4v) is 2.38. The molecule has 2 heterocycles. The molecule has 0 spiro atoms. The summed E-state index contributed by atoms with van der Waals surface area (Å²) in [6.45, 7) is -0.0328.